The zero-order valence-electron chi connectivity index (χ0n) is 9.20. The van der Waals surface area contributed by atoms with Gasteiger partial charge in [-0.2, -0.15) is 0 Å². The number of nitrogens with two attached hydrogens (primary N) is 1. The molecule has 1 fully saturated rings. The van der Waals surface area contributed by atoms with Gasteiger partial charge in [-0.1, -0.05) is 0 Å². The van der Waals surface area contributed by atoms with Gasteiger partial charge in [0.15, 0.2) is 0 Å². The number of carbonyl (C=O) groups is 1. The molecule has 0 saturated carbocycles. The molecule has 2 N–H and O–H groups in total. The molecular weight excluding hydrogens is 178 g/mol. The summed E-state index contributed by atoms with van der Waals surface area (Å²) in [5.74, 6) is 0.253. The second kappa shape index (κ2) is 5.32. The fourth-order valence-electron chi connectivity index (χ4n) is 1.90. The summed E-state index contributed by atoms with van der Waals surface area (Å²) < 4.78 is 0. The molecule has 0 aliphatic carbocycles. The standard InChI is InChI=1S/C10H21N3O/c1-9(2)13-10(14)5-3-7-12(13)8-4-6-11/h9H,3-8,11H2,1-2H3. The molecule has 4 heteroatoms. The second-order valence-electron chi connectivity index (χ2n) is 4.03. The van der Waals surface area contributed by atoms with E-state index in [4.69, 9.17) is 5.73 Å². The molecule has 4 nitrogen and oxygen atoms in total. The normalized spacial score (nSPS) is 19.4. The summed E-state index contributed by atoms with van der Waals surface area (Å²) in [6.07, 6.45) is 2.63. The van der Waals surface area contributed by atoms with Crippen LogP contribution in [0.2, 0.25) is 0 Å². The SMILES string of the molecule is CC(C)N1C(=O)CCCN1CCCN. The van der Waals surface area contributed by atoms with Gasteiger partial charge in [0.25, 0.3) is 0 Å². The lowest BCUT2D eigenvalue weighted by atomic mass is 10.2. The zero-order chi connectivity index (χ0) is 10.6. The average Bonchev–Trinajstić information content (AvgIpc) is 2.14. The van der Waals surface area contributed by atoms with E-state index in [-0.39, 0.29) is 11.9 Å². The van der Waals surface area contributed by atoms with Crippen molar-refractivity contribution in [1.82, 2.24) is 10.0 Å². The third-order valence-corrected chi connectivity index (χ3v) is 2.48. The second-order valence-corrected chi connectivity index (χ2v) is 4.03. The third kappa shape index (κ3) is 2.69. The van der Waals surface area contributed by atoms with Crippen molar-refractivity contribution in [2.45, 2.75) is 39.2 Å². The Hall–Kier alpha value is -0.610. The minimum Gasteiger partial charge on any atom is -0.330 e. The van der Waals surface area contributed by atoms with Crippen molar-refractivity contribution in [2.24, 2.45) is 5.73 Å². The Bertz CT molecular complexity index is 194. The van der Waals surface area contributed by atoms with E-state index < -0.39 is 0 Å². The summed E-state index contributed by atoms with van der Waals surface area (Å²) in [6, 6.07) is 0.264. The van der Waals surface area contributed by atoms with E-state index in [2.05, 4.69) is 18.9 Å². The lowest BCUT2D eigenvalue weighted by Crippen LogP contribution is -2.54. The average molecular weight is 199 g/mol. The van der Waals surface area contributed by atoms with E-state index in [1.165, 1.54) is 0 Å². The van der Waals surface area contributed by atoms with E-state index in [9.17, 15) is 4.79 Å². The van der Waals surface area contributed by atoms with Crippen LogP contribution >= 0.6 is 0 Å². The summed E-state index contributed by atoms with van der Waals surface area (Å²) in [5.41, 5.74) is 5.47. The molecule has 0 aromatic carbocycles. The summed E-state index contributed by atoms with van der Waals surface area (Å²) in [4.78, 5) is 11.7. The molecule has 0 spiro atoms. The van der Waals surface area contributed by atoms with E-state index in [0.717, 1.165) is 25.9 Å². The maximum Gasteiger partial charge on any atom is 0.237 e. The molecule has 1 heterocycles. The van der Waals surface area contributed by atoms with Crippen LogP contribution in [-0.4, -0.2) is 41.6 Å². The predicted molar refractivity (Wildman–Crippen MR) is 56.5 cm³/mol. The van der Waals surface area contributed by atoms with Crippen molar-refractivity contribution in [2.75, 3.05) is 19.6 Å². The van der Waals surface area contributed by atoms with E-state index >= 15 is 0 Å². The van der Waals surface area contributed by atoms with Crippen LogP contribution in [0.15, 0.2) is 0 Å². The van der Waals surface area contributed by atoms with Gasteiger partial charge in [-0.25, -0.2) is 5.01 Å². The monoisotopic (exact) mass is 199 g/mol. The fourth-order valence-corrected chi connectivity index (χ4v) is 1.90. The largest absolute Gasteiger partial charge is 0.330 e. The fraction of sp³-hybridized carbons (Fsp3) is 0.900. The van der Waals surface area contributed by atoms with Gasteiger partial charge in [0.2, 0.25) is 5.91 Å². The maximum absolute atomic E-state index is 11.7. The van der Waals surface area contributed by atoms with Crippen molar-refractivity contribution in [3.8, 4) is 0 Å². The van der Waals surface area contributed by atoms with Gasteiger partial charge in [-0.15, -0.1) is 0 Å². The van der Waals surface area contributed by atoms with Crippen molar-refractivity contribution >= 4 is 5.91 Å². The Balaban J connectivity index is 2.55. The number of hydrogen-bond donors (Lipinski definition) is 1. The highest BCUT2D eigenvalue weighted by molar-refractivity contribution is 5.76. The molecule has 0 aromatic rings. The summed E-state index contributed by atoms with van der Waals surface area (Å²) in [5, 5.41) is 4.03. The molecule has 1 aliphatic heterocycles. The first kappa shape index (κ1) is 11.5. The summed E-state index contributed by atoms with van der Waals surface area (Å²) in [7, 11) is 0. The van der Waals surface area contributed by atoms with Crippen molar-refractivity contribution < 1.29 is 4.79 Å². The van der Waals surface area contributed by atoms with E-state index in [0.29, 0.717) is 13.0 Å². The molecule has 0 bridgehead atoms. The smallest absolute Gasteiger partial charge is 0.237 e. The topological polar surface area (TPSA) is 49.6 Å². The third-order valence-electron chi connectivity index (χ3n) is 2.48. The quantitative estimate of drug-likeness (QED) is 0.720. The summed E-state index contributed by atoms with van der Waals surface area (Å²) in [6.45, 7) is 6.69. The first-order valence-electron chi connectivity index (χ1n) is 5.43. The molecule has 0 atom stereocenters. The molecule has 82 valence electrons. The Morgan fingerprint density at radius 3 is 2.79 bits per heavy atom. The molecule has 1 amide bonds. The molecule has 0 aromatic heterocycles. The highest BCUT2D eigenvalue weighted by Gasteiger charge is 2.27. The molecule has 1 rings (SSSR count). The van der Waals surface area contributed by atoms with Gasteiger partial charge >= 0.3 is 0 Å². The predicted octanol–water partition coefficient (Wildman–Crippen LogP) is 0.583. The number of nitrogens with zero attached hydrogens (tertiary/aromatic N) is 2. The first-order chi connectivity index (χ1) is 6.66. The van der Waals surface area contributed by atoms with Crippen LogP contribution in [0.5, 0.6) is 0 Å². The minimum absolute atomic E-state index is 0.253. The molecule has 1 aliphatic rings. The van der Waals surface area contributed by atoms with Crippen molar-refractivity contribution in [3.63, 3.8) is 0 Å². The summed E-state index contributed by atoms with van der Waals surface area (Å²) >= 11 is 0. The molecule has 1 saturated heterocycles. The van der Waals surface area contributed by atoms with Crippen molar-refractivity contribution in [1.29, 1.82) is 0 Å². The Kier molecular flexibility index (Phi) is 4.35. The minimum atomic E-state index is 0.253. The van der Waals surface area contributed by atoms with Crippen LogP contribution in [0.3, 0.4) is 0 Å². The van der Waals surface area contributed by atoms with Gasteiger partial charge in [-0.3, -0.25) is 9.80 Å². The molecular formula is C10H21N3O. The van der Waals surface area contributed by atoms with Gasteiger partial charge in [0, 0.05) is 25.6 Å². The Labute approximate surface area is 86.0 Å². The van der Waals surface area contributed by atoms with Crippen LogP contribution in [0.4, 0.5) is 0 Å². The van der Waals surface area contributed by atoms with Gasteiger partial charge in [0.05, 0.1) is 0 Å². The van der Waals surface area contributed by atoms with Crippen LogP contribution in [-0.2, 0) is 4.79 Å². The highest BCUT2D eigenvalue weighted by Crippen LogP contribution is 2.15. The molecule has 14 heavy (non-hydrogen) atoms. The lowest BCUT2D eigenvalue weighted by Gasteiger charge is -2.41. The number of hydrogen-bond acceptors (Lipinski definition) is 3. The van der Waals surface area contributed by atoms with Crippen LogP contribution < -0.4 is 5.73 Å². The van der Waals surface area contributed by atoms with Gasteiger partial charge in [-0.05, 0) is 33.2 Å². The van der Waals surface area contributed by atoms with E-state index in [1.54, 1.807) is 0 Å². The lowest BCUT2D eigenvalue weighted by molar-refractivity contribution is -0.160. The van der Waals surface area contributed by atoms with Crippen molar-refractivity contribution in [3.05, 3.63) is 0 Å². The zero-order valence-corrected chi connectivity index (χ0v) is 9.20. The number of amides is 1. The van der Waals surface area contributed by atoms with Gasteiger partial charge in [0.1, 0.15) is 0 Å². The maximum atomic E-state index is 11.7. The van der Waals surface area contributed by atoms with Crippen LogP contribution in [0.1, 0.15) is 33.1 Å². The number of carbonyl (C=O) groups excluding carboxylic acids is 1. The Morgan fingerprint density at radius 1 is 1.50 bits per heavy atom. The molecule has 0 radical (unpaired) electrons. The Morgan fingerprint density at radius 2 is 2.21 bits per heavy atom. The van der Waals surface area contributed by atoms with Gasteiger partial charge < -0.3 is 5.73 Å². The number of rotatable bonds is 4. The van der Waals surface area contributed by atoms with E-state index in [1.807, 2.05) is 5.01 Å². The van der Waals surface area contributed by atoms with Crippen LogP contribution in [0.25, 0.3) is 0 Å². The number of hydrazine groups is 1. The highest BCUT2D eigenvalue weighted by atomic mass is 16.2. The van der Waals surface area contributed by atoms with Crippen LogP contribution in [0, 0.1) is 0 Å². The first-order valence-corrected chi connectivity index (χ1v) is 5.43. The molecule has 0 unspecified atom stereocenters.